The summed E-state index contributed by atoms with van der Waals surface area (Å²) in [6.45, 7) is 4.61. The Morgan fingerprint density at radius 3 is 2.08 bits per heavy atom. The van der Waals surface area contributed by atoms with Gasteiger partial charge in [-0.05, 0) is 142 Å². The molecule has 0 spiro atoms. The number of fused-ring (bicyclic) bond motifs is 9. The minimum atomic E-state index is 0.317. The zero-order valence-corrected chi connectivity index (χ0v) is 35.5. The molecule has 0 aliphatic carbocycles. The Labute approximate surface area is 364 Å². The van der Waals surface area contributed by atoms with Crippen molar-refractivity contribution in [3.8, 4) is 39.1 Å². The number of nitrogens with zero attached hydrogens (tertiary/aromatic N) is 1. The molecule has 0 saturated carbocycles. The number of aromatic nitrogens is 1. The van der Waals surface area contributed by atoms with Crippen LogP contribution in [-0.2, 0) is 6.42 Å². The molecule has 62 heavy (non-hydrogen) atoms. The van der Waals surface area contributed by atoms with Crippen LogP contribution in [0, 0.1) is 6.92 Å². The van der Waals surface area contributed by atoms with Gasteiger partial charge in [0.1, 0.15) is 11.2 Å². The van der Waals surface area contributed by atoms with E-state index in [-0.39, 0.29) is 0 Å². The number of rotatable bonds is 8. The Morgan fingerprint density at radius 1 is 0.500 bits per heavy atom. The van der Waals surface area contributed by atoms with E-state index in [0.29, 0.717) is 5.92 Å². The van der Waals surface area contributed by atoms with Gasteiger partial charge in [0.25, 0.3) is 0 Å². The molecule has 0 fully saturated rings. The molecule has 3 heteroatoms. The standard InChI is InChI=1S/C59H43NOS/c1-3-38(42-35-50(59-52(36-42)47-21-11-14-27-57(47)62-59)41-30-31-56-51(34-41)46-20-10-13-26-55(46)61-56)32-39-16-7-8-19-44(39)49-33-40(29-28-37(49)2)45-23-15-25-54-58(45)48-22-9-12-24-53(48)60(54)43-17-5-4-6-18-43/h4-31,33-36,38H,3,32H2,1-2H3. The summed E-state index contributed by atoms with van der Waals surface area (Å²) in [5.41, 5.74) is 17.1. The lowest BCUT2D eigenvalue weighted by atomic mass is 9.84. The van der Waals surface area contributed by atoms with Crippen molar-refractivity contribution in [3.05, 3.63) is 211 Å². The van der Waals surface area contributed by atoms with Crippen LogP contribution in [0.3, 0.4) is 0 Å². The van der Waals surface area contributed by atoms with Crippen LogP contribution in [0.4, 0.5) is 0 Å². The highest BCUT2D eigenvalue weighted by atomic mass is 32.1. The summed E-state index contributed by atoms with van der Waals surface area (Å²) >= 11 is 1.90. The van der Waals surface area contributed by atoms with E-state index in [2.05, 4.69) is 206 Å². The molecule has 0 amide bonds. The molecule has 1 unspecified atom stereocenters. The Bertz CT molecular complexity index is 3680. The maximum Gasteiger partial charge on any atom is 0.135 e. The van der Waals surface area contributed by atoms with E-state index >= 15 is 0 Å². The average molecular weight is 814 g/mol. The first-order valence-electron chi connectivity index (χ1n) is 21.7. The van der Waals surface area contributed by atoms with E-state index in [1.807, 2.05) is 17.4 Å². The predicted molar refractivity (Wildman–Crippen MR) is 265 cm³/mol. The zero-order chi connectivity index (χ0) is 41.3. The van der Waals surface area contributed by atoms with Crippen LogP contribution in [-0.4, -0.2) is 4.57 Å². The Kier molecular flexibility index (Phi) is 8.72. The second-order valence-electron chi connectivity index (χ2n) is 16.7. The van der Waals surface area contributed by atoms with Crippen LogP contribution in [0.1, 0.15) is 36.0 Å². The summed E-state index contributed by atoms with van der Waals surface area (Å²) in [5, 5.41) is 7.54. The van der Waals surface area contributed by atoms with E-state index in [9.17, 15) is 0 Å². The van der Waals surface area contributed by atoms with Crippen LogP contribution in [0.2, 0.25) is 0 Å². The first-order valence-corrected chi connectivity index (χ1v) is 22.6. The summed E-state index contributed by atoms with van der Waals surface area (Å²) < 4.78 is 11.3. The third-order valence-corrected chi connectivity index (χ3v) is 14.4. The minimum absolute atomic E-state index is 0.317. The highest BCUT2D eigenvalue weighted by Crippen LogP contribution is 2.45. The van der Waals surface area contributed by atoms with Gasteiger partial charge in [0.2, 0.25) is 0 Å². The van der Waals surface area contributed by atoms with Gasteiger partial charge in [0.15, 0.2) is 0 Å². The number of para-hydroxylation sites is 3. The Balaban J connectivity index is 0.974. The van der Waals surface area contributed by atoms with Gasteiger partial charge < -0.3 is 8.98 Å². The van der Waals surface area contributed by atoms with Gasteiger partial charge in [-0.25, -0.2) is 0 Å². The highest BCUT2D eigenvalue weighted by molar-refractivity contribution is 7.26. The van der Waals surface area contributed by atoms with Crippen LogP contribution in [0.25, 0.3) is 103 Å². The van der Waals surface area contributed by atoms with Crippen LogP contribution < -0.4 is 0 Å². The number of aryl methyl sites for hydroxylation is 1. The molecule has 0 bridgehead atoms. The van der Waals surface area contributed by atoms with Gasteiger partial charge in [-0.1, -0.05) is 134 Å². The molecule has 2 nitrogen and oxygen atoms in total. The SMILES string of the molecule is CCC(Cc1ccccc1-c1cc(-c2cccc3c2c2ccccc2n3-c2ccccc2)ccc1C)c1cc(-c2ccc3oc4ccccc4c3c2)c2sc3ccccc3c2c1. The molecule has 0 radical (unpaired) electrons. The highest BCUT2D eigenvalue weighted by Gasteiger charge is 2.21. The van der Waals surface area contributed by atoms with Crippen molar-refractivity contribution in [2.75, 3.05) is 0 Å². The van der Waals surface area contributed by atoms with E-state index in [4.69, 9.17) is 4.42 Å². The van der Waals surface area contributed by atoms with Crippen molar-refractivity contribution < 1.29 is 4.42 Å². The summed E-state index contributed by atoms with van der Waals surface area (Å²) in [6, 6.07) is 71.5. The number of benzene rings is 9. The van der Waals surface area contributed by atoms with Crippen molar-refractivity contribution in [2.24, 2.45) is 0 Å². The zero-order valence-electron chi connectivity index (χ0n) is 34.7. The first kappa shape index (κ1) is 36.6. The van der Waals surface area contributed by atoms with Gasteiger partial charge in [0, 0.05) is 47.4 Å². The monoisotopic (exact) mass is 813 g/mol. The molecular weight excluding hydrogens is 771 g/mol. The number of thiophene rings is 1. The van der Waals surface area contributed by atoms with Crippen LogP contribution >= 0.6 is 11.3 Å². The lowest BCUT2D eigenvalue weighted by molar-refractivity contribution is 0.662. The molecule has 0 aliphatic heterocycles. The van der Waals surface area contributed by atoms with Gasteiger partial charge in [0.05, 0.1) is 11.0 Å². The maximum absolute atomic E-state index is 6.27. The topological polar surface area (TPSA) is 18.1 Å². The molecule has 0 aliphatic rings. The molecule has 3 aromatic heterocycles. The normalized spacial score (nSPS) is 12.4. The Morgan fingerprint density at radius 2 is 1.19 bits per heavy atom. The van der Waals surface area contributed by atoms with E-state index in [1.165, 1.54) is 97.7 Å². The summed E-state index contributed by atoms with van der Waals surface area (Å²) in [5.74, 6) is 0.317. The van der Waals surface area contributed by atoms with Gasteiger partial charge in [-0.3, -0.25) is 0 Å². The third kappa shape index (κ3) is 5.91. The fraction of sp³-hybridized carbons (Fsp3) is 0.0847. The van der Waals surface area contributed by atoms with Crippen LogP contribution in [0.15, 0.2) is 199 Å². The van der Waals surface area contributed by atoms with Crippen molar-refractivity contribution in [2.45, 2.75) is 32.6 Å². The first-order chi connectivity index (χ1) is 30.6. The van der Waals surface area contributed by atoms with Gasteiger partial charge in [-0.15, -0.1) is 11.3 Å². The number of hydrogen-bond acceptors (Lipinski definition) is 2. The fourth-order valence-electron chi connectivity index (χ4n) is 10.1. The van der Waals surface area contributed by atoms with Crippen molar-refractivity contribution in [1.82, 2.24) is 4.57 Å². The largest absolute Gasteiger partial charge is 0.456 e. The number of furan rings is 1. The second-order valence-corrected chi connectivity index (χ2v) is 17.8. The molecule has 0 saturated heterocycles. The number of hydrogen-bond donors (Lipinski definition) is 0. The molecular formula is C59H43NOS. The smallest absolute Gasteiger partial charge is 0.135 e. The molecule has 0 N–H and O–H groups in total. The molecule has 9 aromatic carbocycles. The summed E-state index contributed by atoms with van der Waals surface area (Å²) in [6.07, 6.45) is 1.97. The minimum Gasteiger partial charge on any atom is -0.456 e. The van der Waals surface area contributed by atoms with Gasteiger partial charge in [-0.2, -0.15) is 0 Å². The summed E-state index contributed by atoms with van der Waals surface area (Å²) in [7, 11) is 0. The van der Waals surface area contributed by atoms with Crippen LogP contribution in [0.5, 0.6) is 0 Å². The van der Waals surface area contributed by atoms with Crippen molar-refractivity contribution in [3.63, 3.8) is 0 Å². The van der Waals surface area contributed by atoms with Crippen molar-refractivity contribution in [1.29, 1.82) is 0 Å². The van der Waals surface area contributed by atoms with Crippen molar-refractivity contribution >= 4 is 75.3 Å². The quantitative estimate of drug-likeness (QED) is 0.149. The predicted octanol–water partition coefficient (Wildman–Crippen LogP) is 17.1. The summed E-state index contributed by atoms with van der Waals surface area (Å²) in [4.78, 5) is 0. The lowest BCUT2D eigenvalue weighted by Crippen LogP contribution is -2.04. The molecule has 12 rings (SSSR count). The van der Waals surface area contributed by atoms with E-state index in [1.54, 1.807) is 0 Å². The maximum atomic E-state index is 6.27. The molecule has 3 heterocycles. The Hall–Kier alpha value is -7.20. The second kappa shape index (κ2) is 14.8. The molecule has 296 valence electrons. The third-order valence-electron chi connectivity index (χ3n) is 13.2. The molecule has 1 atom stereocenters. The van der Waals surface area contributed by atoms with E-state index < -0.39 is 0 Å². The molecule has 12 aromatic rings. The fourth-order valence-corrected chi connectivity index (χ4v) is 11.3. The van der Waals surface area contributed by atoms with Gasteiger partial charge >= 0.3 is 0 Å². The lowest BCUT2D eigenvalue weighted by Gasteiger charge is -2.21. The average Bonchev–Trinajstić information content (AvgIpc) is 4.00. The van der Waals surface area contributed by atoms with E-state index in [0.717, 1.165) is 34.8 Å².